The van der Waals surface area contributed by atoms with Crippen LogP contribution in [0.3, 0.4) is 0 Å². The largest absolute Gasteiger partial charge is 0.416 e. The number of nitrogens with one attached hydrogen (secondary N) is 2. The normalized spacial score (nSPS) is 12.5. The Morgan fingerprint density at radius 1 is 1.17 bits per heavy atom. The first kappa shape index (κ1) is 18.1. The zero-order valence-electron chi connectivity index (χ0n) is 12.8. The van der Waals surface area contributed by atoms with Gasteiger partial charge in [0.25, 0.3) is 0 Å². The third kappa shape index (κ3) is 4.89. The molecule has 3 nitrogen and oxygen atoms in total. The van der Waals surface area contributed by atoms with Gasteiger partial charge in [0.15, 0.2) is 0 Å². The molecule has 1 unspecified atom stereocenters. The molecule has 2 rings (SSSR count). The lowest BCUT2D eigenvalue weighted by Gasteiger charge is -2.18. The zero-order valence-corrected chi connectivity index (χ0v) is 13.6. The molecule has 0 saturated carbocycles. The molecule has 7 heteroatoms. The van der Waals surface area contributed by atoms with Crippen LogP contribution in [0.5, 0.6) is 0 Å². The van der Waals surface area contributed by atoms with Crippen molar-refractivity contribution in [1.82, 2.24) is 5.32 Å². The van der Waals surface area contributed by atoms with Crippen LogP contribution in [0.4, 0.5) is 23.7 Å². The number of hydrogen-bond donors (Lipinski definition) is 2. The Hall–Kier alpha value is -2.21. The third-order valence-electron chi connectivity index (χ3n) is 3.43. The average Bonchev–Trinajstić information content (AvgIpc) is 2.53. The van der Waals surface area contributed by atoms with E-state index in [0.717, 1.165) is 17.7 Å². The molecule has 24 heavy (non-hydrogen) atoms. The fourth-order valence-electron chi connectivity index (χ4n) is 2.21. The highest BCUT2D eigenvalue weighted by Crippen LogP contribution is 2.30. The molecule has 2 N–H and O–H groups in total. The number of carbonyl (C=O) groups is 1. The van der Waals surface area contributed by atoms with E-state index in [0.29, 0.717) is 11.4 Å². The van der Waals surface area contributed by atoms with Gasteiger partial charge in [-0.1, -0.05) is 36.7 Å². The lowest BCUT2D eigenvalue weighted by Crippen LogP contribution is -2.32. The number of anilines is 1. The van der Waals surface area contributed by atoms with E-state index in [1.54, 1.807) is 24.3 Å². The number of carbonyl (C=O) groups excluding carboxylic acids is 1. The number of urea groups is 1. The SMILES string of the molecule is CCC(NC(=O)Nc1cccc(C(F)(F)F)c1)c1ccc(Cl)cc1. The smallest absolute Gasteiger partial charge is 0.331 e. The minimum atomic E-state index is -4.45. The van der Waals surface area contributed by atoms with E-state index >= 15 is 0 Å². The van der Waals surface area contributed by atoms with Gasteiger partial charge in [-0.25, -0.2) is 4.79 Å². The number of hydrogen-bond acceptors (Lipinski definition) is 1. The second-order valence-electron chi connectivity index (χ2n) is 5.19. The molecule has 0 spiro atoms. The summed E-state index contributed by atoms with van der Waals surface area (Å²) in [6.07, 6.45) is -3.83. The van der Waals surface area contributed by atoms with Crippen molar-refractivity contribution in [3.63, 3.8) is 0 Å². The van der Waals surface area contributed by atoms with Crippen molar-refractivity contribution in [2.75, 3.05) is 5.32 Å². The van der Waals surface area contributed by atoms with Gasteiger partial charge in [-0.2, -0.15) is 13.2 Å². The standard InChI is InChI=1S/C17H16ClF3N2O/c1-2-15(11-6-8-13(18)9-7-11)23-16(24)22-14-5-3-4-12(10-14)17(19,20)21/h3-10,15H,2H2,1H3,(H2,22,23,24). The van der Waals surface area contributed by atoms with Gasteiger partial charge >= 0.3 is 12.2 Å². The molecule has 0 aliphatic rings. The summed E-state index contributed by atoms with van der Waals surface area (Å²) in [4.78, 5) is 12.1. The first-order valence-electron chi connectivity index (χ1n) is 7.30. The topological polar surface area (TPSA) is 41.1 Å². The second-order valence-corrected chi connectivity index (χ2v) is 5.63. The lowest BCUT2D eigenvalue weighted by molar-refractivity contribution is -0.137. The molecule has 2 aromatic rings. The van der Waals surface area contributed by atoms with Crippen molar-refractivity contribution < 1.29 is 18.0 Å². The number of benzene rings is 2. The van der Waals surface area contributed by atoms with E-state index in [1.165, 1.54) is 12.1 Å². The Morgan fingerprint density at radius 2 is 1.83 bits per heavy atom. The van der Waals surface area contributed by atoms with Crippen molar-refractivity contribution >= 4 is 23.3 Å². The van der Waals surface area contributed by atoms with Crippen molar-refractivity contribution in [3.8, 4) is 0 Å². The summed E-state index contributed by atoms with van der Waals surface area (Å²) >= 11 is 5.83. The van der Waals surface area contributed by atoms with Crippen molar-refractivity contribution in [2.24, 2.45) is 0 Å². The van der Waals surface area contributed by atoms with E-state index in [1.807, 2.05) is 6.92 Å². The first-order chi connectivity index (χ1) is 11.3. The molecule has 128 valence electrons. The molecule has 0 saturated heterocycles. The Morgan fingerprint density at radius 3 is 2.42 bits per heavy atom. The van der Waals surface area contributed by atoms with Crippen LogP contribution in [0.2, 0.25) is 5.02 Å². The molecule has 0 fully saturated rings. The van der Waals surface area contributed by atoms with Crippen LogP contribution in [0.15, 0.2) is 48.5 Å². The van der Waals surface area contributed by atoms with E-state index < -0.39 is 17.8 Å². The Kier molecular flexibility index (Phi) is 5.72. The van der Waals surface area contributed by atoms with Gasteiger partial charge in [-0.05, 0) is 42.3 Å². The van der Waals surface area contributed by atoms with Crippen LogP contribution < -0.4 is 10.6 Å². The average molecular weight is 357 g/mol. The molecule has 2 aromatic carbocycles. The maximum Gasteiger partial charge on any atom is 0.416 e. The summed E-state index contributed by atoms with van der Waals surface area (Å²) in [6.45, 7) is 1.89. The van der Waals surface area contributed by atoms with Gasteiger partial charge in [-0.3, -0.25) is 0 Å². The van der Waals surface area contributed by atoms with Crippen molar-refractivity contribution in [1.29, 1.82) is 0 Å². The van der Waals surface area contributed by atoms with E-state index in [2.05, 4.69) is 10.6 Å². The van der Waals surface area contributed by atoms with Crippen LogP contribution in [0.25, 0.3) is 0 Å². The molecule has 0 bridgehead atoms. The highest BCUT2D eigenvalue weighted by Gasteiger charge is 2.30. The maximum atomic E-state index is 12.7. The van der Waals surface area contributed by atoms with Gasteiger partial charge < -0.3 is 10.6 Å². The first-order valence-corrected chi connectivity index (χ1v) is 7.67. The molecule has 0 heterocycles. The predicted molar refractivity (Wildman–Crippen MR) is 88.1 cm³/mol. The predicted octanol–water partition coefficient (Wildman–Crippen LogP) is 5.63. The van der Waals surface area contributed by atoms with E-state index in [9.17, 15) is 18.0 Å². The number of alkyl halides is 3. The zero-order chi connectivity index (χ0) is 17.7. The Labute approximate surface area is 142 Å². The van der Waals surface area contributed by atoms with Gasteiger partial charge in [0.05, 0.1) is 11.6 Å². The summed E-state index contributed by atoms with van der Waals surface area (Å²) in [7, 11) is 0. The van der Waals surface area contributed by atoms with Gasteiger partial charge in [0, 0.05) is 10.7 Å². The molecule has 0 aromatic heterocycles. The van der Waals surface area contributed by atoms with Crippen LogP contribution in [0.1, 0.15) is 30.5 Å². The van der Waals surface area contributed by atoms with Crippen molar-refractivity contribution in [3.05, 3.63) is 64.7 Å². The minimum absolute atomic E-state index is 0.0771. The summed E-state index contributed by atoms with van der Waals surface area (Å²) in [5, 5.41) is 5.74. The fourth-order valence-corrected chi connectivity index (χ4v) is 2.34. The number of halogens is 4. The molecule has 2 amide bonds. The molecular weight excluding hydrogens is 341 g/mol. The lowest BCUT2D eigenvalue weighted by atomic mass is 10.1. The third-order valence-corrected chi connectivity index (χ3v) is 3.69. The molecule has 1 atom stereocenters. The molecule has 0 aliphatic carbocycles. The highest BCUT2D eigenvalue weighted by atomic mass is 35.5. The van der Waals surface area contributed by atoms with E-state index in [-0.39, 0.29) is 11.7 Å². The summed E-state index contributed by atoms with van der Waals surface area (Å²) < 4.78 is 38.1. The second kappa shape index (κ2) is 7.57. The summed E-state index contributed by atoms with van der Waals surface area (Å²) in [5.74, 6) is 0. The van der Waals surface area contributed by atoms with Gasteiger partial charge in [0.2, 0.25) is 0 Å². The Balaban J connectivity index is 2.05. The van der Waals surface area contributed by atoms with Crippen LogP contribution in [-0.2, 0) is 6.18 Å². The molecule has 0 radical (unpaired) electrons. The van der Waals surface area contributed by atoms with Crippen LogP contribution in [-0.4, -0.2) is 6.03 Å². The maximum absolute atomic E-state index is 12.7. The molecular formula is C17H16ClF3N2O. The monoisotopic (exact) mass is 356 g/mol. The van der Waals surface area contributed by atoms with Gasteiger partial charge in [0.1, 0.15) is 0 Å². The van der Waals surface area contributed by atoms with E-state index in [4.69, 9.17) is 11.6 Å². The quantitative estimate of drug-likeness (QED) is 0.732. The number of rotatable bonds is 4. The van der Waals surface area contributed by atoms with Crippen molar-refractivity contribution in [2.45, 2.75) is 25.6 Å². The van der Waals surface area contributed by atoms with Crippen LogP contribution >= 0.6 is 11.6 Å². The summed E-state index contributed by atoms with van der Waals surface area (Å²) in [6, 6.07) is 10.7. The minimum Gasteiger partial charge on any atom is -0.331 e. The Bertz CT molecular complexity index is 702. The van der Waals surface area contributed by atoms with Gasteiger partial charge in [-0.15, -0.1) is 0 Å². The molecule has 0 aliphatic heterocycles. The fraction of sp³-hybridized carbons (Fsp3) is 0.235. The highest BCUT2D eigenvalue weighted by molar-refractivity contribution is 6.30. The summed E-state index contributed by atoms with van der Waals surface area (Å²) in [5.41, 5.74) is 0.124. The number of amides is 2. The van der Waals surface area contributed by atoms with Crippen LogP contribution in [0, 0.1) is 0 Å².